The fourth-order valence-electron chi connectivity index (χ4n) is 1.86. The zero-order valence-corrected chi connectivity index (χ0v) is 11.5. The van der Waals surface area contributed by atoms with E-state index in [1.54, 1.807) is 13.0 Å². The number of carbonyl (C=O) groups excluding carboxylic acids is 1. The summed E-state index contributed by atoms with van der Waals surface area (Å²) >= 11 is 0. The Balaban J connectivity index is 2.30. The van der Waals surface area contributed by atoms with E-state index in [1.165, 1.54) is 0 Å². The lowest BCUT2D eigenvalue weighted by Crippen LogP contribution is -2.29. The van der Waals surface area contributed by atoms with Crippen molar-refractivity contribution in [1.29, 1.82) is 0 Å². The second-order valence-corrected chi connectivity index (χ2v) is 4.46. The lowest BCUT2D eigenvalue weighted by molar-refractivity contribution is -0.116. The van der Waals surface area contributed by atoms with E-state index in [4.69, 9.17) is 4.52 Å². The second-order valence-electron chi connectivity index (χ2n) is 4.46. The number of amides is 1. The Morgan fingerprint density at radius 3 is 2.50 bits per heavy atom. The molecule has 0 fully saturated rings. The van der Waals surface area contributed by atoms with Crippen LogP contribution in [-0.4, -0.2) is 35.6 Å². The molecule has 18 heavy (non-hydrogen) atoms. The molecule has 1 heterocycles. The number of carbonyl (C=O) groups is 1. The van der Waals surface area contributed by atoms with E-state index in [2.05, 4.69) is 29.2 Å². The Morgan fingerprint density at radius 2 is 2.00 bits per heavy atom. The SMILES string of the molecule is CCCN(CCC)CCC(=O)Nc1cc(C)on1. The highest BCUT2D eigenvalue weighted by atomic mass is 16.5. The first-order chi connectivity index (χ1) is 8.65. The maximum Gasteiger partial charge on any atom is 0.226 e. The second kappa shape index (κ2) is 7.87. The topological polar surface area (TPSA) is 58.4 Å². The van der Waals surface area contributed by atoms with E-state index in [9.17, 15) is 4.79 Å². The number of aromatic nitrogens is 1. The Kier molecular flexibility index (Phi) is 6.43. The summed E-state index contributed by atoms with van der Waals surface area (Å²) in [6.07, 6.45) is 2.72. The molecule has 0 radical (unpaired) electrons. The molecule has 0 aliphatic heterocycles. The molecule has 0 atom stereocenters. The fraction of sp³-hybridized carbons (Fsp3) is 0.692. The number of hydrogen-bond acceptors (Lipinski definition) is 4. The molecule has 0 spiro atoms. The van der Waals surface area contributed by atoms with Gasteiger partial charge >= 0.3 is 0 Å². The molecule has 0 aliphatic rings. The van der Waals surface area contributed by atoms with Gasteiger partial charge in [0.2, 0.25) is 5.91 Å². The van der Waals surface area contributed by atoms with Gasteiger partial charge in [0.15, 0.2) is 5.82 Å². The van der Waals surface area contributed by atoms with Crippen LogP contribution < -0.4 is 5.32 Å². The third-order valence-corrected chi connectivity index (χ3v) is 2.63. The molecule has 1 rings (SSSR count). The van der Waals surface area contributed by atoms with Gasteiger partial charge in [-0.3, -0.25) is 4.79 Å². The van der Waals surface area contributed by atoms with Crippen LogP contribution in [0.4, 0.5) is 5.82 Å². The van der Waals surface area contributed by atoms with Crippen molar-refractivity contribution in [2.24, 2.45) is 0 Å². The number of nitrogens with zero attached hydrogens (tertiary/aromatic N) is 2. The molecule has 102 valence electrons. The maximum atomic E-state index is 11.7. The average molecular weight is 253 g/mol. The maximum absolute atomic E-state index is 11.7. The van der Waals surface area contributed by atoms with Gasteiger partial charge in [-0.15, -0.1) is 0 Å². The van der Waals surface area contributed by atoms with Crippen LogP contribution in [0.25, 0.3) is 0 Å². The van der Waals surface area contributed by atoms with Gasteiger partial charge in [0.1, 0.15) is 5.76 Å². The van der Waals surface area contributed by atoms with Crippen LogP contribution in [-0.2, 0) is 4.79 Å². The number of aryl methyl sites for hydroxylation is 1. The van der Waals surface area contributed by atoms with Crippen molar-refractivity contribution in [2.75, 3.05) is 25.0 Å². The average Bonchev–Trinajstić information content (AvgIpc) is 2.72. The highest BCUT2D eigenvalue weighted by Crippen LogP contribution is 2.07. The first-order valence-electron chi connectivity index (χ1n) is 6.61. The Morgan fingerprint density at radius 1 is 1.33 bits per heavy atom. The van der Waals surface area contributed by atoms with Crippen molar-refractivity contribution in [3.8, 4) is 0 Å². The van der Waals surface area contributed by atoms with E-state index in [-0.39, 0.29) is 5.91 Å². The molecular weight excluding hydrogens is 230 g/mol. The summed E-state index contributed by atoms with van der Waals surface area (Å²) in [5.74, 6) is 1.18. The normalized spacial score (nSPS) is 10.9. The zero-order chi connectivity index (χ0) is 13.4. The highest BCUT2D eigenvalue weighted by molar-refractivity contribution is 5.89. The third-order valence-electron chi connectivity index (χ3n) is 2.63. The van der Waals surface area contributed by atoms with Crippen molar-refractivity contribution in [3.05, 3.63) is 11.8 Å². The Hall–Kier alpha value is -1.36. The molecular formula is C13H23N3O2. The van der Waals surface area contributed by atoms with Crippen LogP contribution in [0.3, 0.4) is 0 Å². The summed E-state index contributed by atoms with van der Waals surface area (Å²) in [5, 5.41) is 6.47. The molecule has 1 aromatic heterocycles. The first-order valence-corrected chi connectivity index (χ1v) is 6.61. The standard InChI is InChI=1S/C13H23N3O2/c1-4-7-16(8-5-2)9-6-13(17)14-12-10-11(3)18-15-12/h10H,4-9H2,1-3H3,(H,14,15,17). The van der Waals surface area contributed by atoms with Crippen molar-refractivity contribution in [3.63, 3.8) is 0 Å². The minimum atomic E-state index is -0.0134. The Bertz CT molecular complexity index is 357. The van der Waals surface area contributed by atoms with Crippen LogP contribution in [0.15, 0.2) is 10.6 Å². The van der Waals surface area contributed by atoms with Crippen LogP contribution in [0.5, 0.6) is 0 Å². The molecule has 5 nitrogen and oxygen atoms in total. The predicted octanol–water partition coefficient (Wildman–Crippen LogP) is 2.43. The minimum Gasteiger partial charge on any atom is -0.360 e. The van der Waals surface area contributed by atoms with Gasteiger partial charge in [0.05, 0.1) is 0 Å². The molecule has 1 N–H and O–H groups in total. The van der Waals surface area contributed by atoms with Crippen LogP contribution >= 0.6 is 0 Å². The number of nitrogens with one attached hydrogen (secondary N) is 1. The minimum absolute atomic E-state index is 0.0134. The molecule has 1 amide bonds. The highest BCUT2D eigenvalue weighted by Gasteiger charge is 2.09. The van der Waals surface area contributed by atoms with E-state index >= 15 is 0 Å². The summed E-state index contributed by atoms with van der Waals surface area (Å²) in [5.41, 5.74) is 0. The van der Waals surface area contributed by atoms with Crippen LogP contribution in [0, 0.1) is 6.92 Å². The predicted molar refractivity (Wildman–Crippen MR) is 71.5 cm³/mol. The van der Waals surface area contributed by atoms with Gasteiger partial charge in [-0.05, 0) is 32.9 Å². The third kappa shape index (κ3) is 5.31. The molecule has 1 aromatic rings. The molecule has 5 heteroatoms. The monoisotopic (exact) mass is 253 g/mol. The van der Waals surface area contributed by atoms with Gasteiger partial charge in [-0.2, -0.15) is 0 Å². The van der Waals surface area contributed by atoms with Crippen molar-refractivity contribution >= 4 is 11.7 Å². The molecule has 0 unspecified atom stereocenters. The van der Waals surface area contributed by atoms with Crippen LogP contribution in [0.2, 0.25) is 0 Å². The molecule has 0 saturated heterocycles. The lowest BCUT2D eigenvalue weighted by atomic mass is 10.3. The quantitative estimate of drug-likeness (QED) is 0.773. The number of anilines is 1. The zero-order valence-electron chi connectivity index (χ0n) is 11.5. The molecule has 0 bridgehead atoms. The first kappa shape index (κ1) is 14.7. The summed E-state index contributed by atoms with van der Waals surface area (Å²) in [6.45, 7) is 8.99. The summed E-state index contributed by atoms with van der Waals surface area (Å²) in [6, 6.07) is 1.72. The number of rotatable bonds is 8. The molecule has 0 aliphatic carbocycles. The summed E-state index contributed by atoms with van der Waals surface area (Å²) < 4.78 is 4.89. The smallest absolute Gasteiger partial charge is 0.226 e. The molecule has 0 aromatic carbocycles. The van der Waals surface area contributed by atoms with E-state index < -0.39 is 0 Å². The Labute approximate surface area is 109 Å². The van der Waals surface area contributed by atoms with Gasteiger partial charge < -0.3 is 14.7 Å². The molecule has 0 saturated carbocycles. The summed E-state index contributed by atoms with van der Waals surface area (Å²) in [7, 11) is 0. The van der Waals surface area contributed by atoms with Crippen molar-refractivity contribution < 1.29 is 9.32 Å². The fourth-order valence-corrected chi connectivity index (χ4v) is 1.86. The summed E-state index contributed by atoms with van der Waals surface area (Å²) in [4.78, 5) is 14.0. The number of hydrogen-bond donors (Lipinski definition) is 1. The largest absolute Gasteiger partial charge is 0.360 e. The van der Waals surface area contributed by atoms with Gasteiger partial charge in [0.25, 0.3) is 0 Å². The van der Waals surface area contributed by atoms with Gasteiger partial charge in [-0.1, -0.05) is 19.0 Å². The van der Waals surface area contributed by atoms with Gasteiger partial charge in [0, 0.05) is 19.0 Å². The van der Waals surface area contributed by atoms with E-state index in [0.29, 0.717) is 18.0 Å². The van der Waals surface area contributed by atoms with Crippen LogP contribution in [0.1, 0.15) is 38.9 Å². The van der Waals surface area contributed by atoms with E-state index in [0.717, 1.165) is 32.5 Å². The van der Waals surface area contributed by atoms with E-state index in [1.807, 2.05) is 0 Å². The van der Waals surface area contributed by atoms with Crippen molar-refractivity contribution in [2.45, 2.75) is 40.0 Å². The lowest BCUT2D eigenvalue weighted by Gasteiger charge is -2.20. The van der Waals surface area contributed by atoms with Crippen molar-refractivity contribution in [1.82, 2.24) is 10.1 Å². The van der Waals surface area contributed by atoms with Gasteiger partial charge in [-0.25, -0.2) is 0 Å².